The maximum Gasteiger partial charge on any atom is 0.122 e. The largest absolute Gasteiger partial charge is 0.497 e. The van der Waals surface area contributed by atoms with Gasteiger partial charge in [-0.2, -0.15) is 0 Å². The molecule has 0 atom stereocenters. The van der Waals surface area contributed by atoms with Crippen molar-refractivity contribution in [3.05, 3.63) is 23.8 Å². The monoisotopic (exact) mass is 226 g/mol. The first-order valence-corrected chi connectivity index (χ1v) is 6.02. The van der Waals surface area contributed by atoms with Crippen molar-refractivity contribution in [3.63, 3.8) is 0 Å². The zero-order chi connectivity index (χ0) is 13.0. The van der Waals surface area contributed by atoms with Crippen LogP contribution in [-0.4, -0.2) is 14.2 Å². The predicted molar refractivity (Wildman–Crippen MR) is 71.6 cm³/mol. The number of aryl methyl sites for hydroxylation is 1. The van der Waals surface area contributed by atoms with Gasteiger partial charge in [0.25, 0.3) is 0 Å². The van der Waals surface area contributed by atoms with E-state index in [1.807, 2.05) is 45.9 Å². The van der Waals surface area contributed by atoms with Crippen LogP contribution in [0.2, 0.25) is 0 Å². The van der Waals surface area contributed by atoms with Gasteiger partial charge in [0, 0.05) is 6.07 Å². The average Bonchev–Trinajstić information content (AvgIpc) is 2.42. The topological polar surface area (TPSA) is 18.5 Å². The van der Waals surface area contributed by atoms with Gasteiger partial charge in [0.2, 0.25) is 0 Å². The molecule has 0 fully saturated rings. The molecule has 0 heterocycles. The lowest BCUT2D eigenvalue weighted by Gasteiger charge is -2.06. The summed E-state index contributed by atoms with van der Waals surface area (Å²) >= 11 is 0. The highest BCUT2D eigenvalue weighted by molar-refractivity contribution is 5.38. The Morgan fingerprint density at radius 3 is 1.44 bits per heavy atom. The SMILES string of the molecule is CC.CC.CCc1cc(OC)cc(OC)c1. The van der Waals surface area contributed by atoms with E-state index in [4.69, 9.17) is 9.47 Å². The van der Waals surface area contributed by atoms with Crippen molar-refractivity contribution in [3.8, 4) is 11.5 Å². The van der Waals surface area contributed by atoms with Gasteiger partial charge in [0.1, 0.15) is 11.5 Å². The Labute approximate surface area is 101 Å². The number of methoxy groups -OCH3 is 2. The lowest BCUT2D eigenvalue weighted by molar-refractivity contribution is 0.393. The zero-order valence-electron chi connectivity index (χ0n) is 11.8. The van der Waals surface area contributed by atoms with Gasteiger partial charge in [-0.05, 0) is 24.1 Å². The maximum atomic E-state index is 5.12. The molecule has 0 N–H and O–H groups in total. The van der Waals surface area contributed by atoms with Crippen molar-refractivity contribution in [2.75, 3.05) is 14.2 Å². The molecule has 0 aliphatic carbocycles. The van der Waals surface area contributed by atoms with Crippen LogP contribution in [-0.2, 0) is 6.42 Å². The Bertz CT molecular complexity index is 202. The predicted octanol–water partition coefficient (Wildman–Crippen LogP) is 4.32. The Morgan fingerprint density at radius 2 is 1.19 bits per heavy atom. The van der Waals surface area contributed by atoms with Crippen LogP contribution in [0, 0.1) is 0 Å². The van der Waals surface area contributed by atoms with Crippen LogP contribution in [0.5, 0.6) is 11.5 Å². The summed E-state index contributed by atoms with van der Waals surface area (Å²) in [6, 6.07) is 5.91. The first-order chi connectivity index (χ1) is 7.80. The first kappa shape index (κ1) is 17.2. The van der Waals surface area contributed by atoms with E-state index in [0.717, 1.165) is 17.9 Å². The van der Waals surface area contributed by atoms with E-state index in [-0.39, 0.29) is 0 Å². The molecule has 0 amide bonds. The molecule has 0 aliphatic heterocycles. The van der Waals surface area contributed by atoms with Crippen LogP contribution < -0.4 is 9.47 Å². The normalized spacial score (nSPS) is 7.94. The molecule has 0 saturated carbocycles. The molecule has 2 heteroatoms. The Kier molecular flexibility index (Phi) is 12.8. The van der Waals surface area contributed by atoms with Crippen LogP contribution >= 0.6 is 0 Å². The fraction of sp³-hybridized carbons (Fsp3) is 0.571. The van der Waals surface area contributed by atoms with Gasteiger partial charge in [-0.15, -0.1) is 0 Å². The van der Waals surface area contributed by atoms with E-state index in [1.165, 1.54) is 5.56 Å². The number of rotatable bonds is 3. The molecule has 0 unspecified atom stereocenters. The van der Waals surface area contributed by atoms with Crippen LogP contribution in [0.25, 0.3) is 0 Å². The average molecular weight is 226 g/mol. The zero-order valence-corrected chi connectivity index (χ0v) is 11.8. The van der Waals surface area contributed by atoms with Gasteiger partial charge < -0.3 is 9.47 Å². The molecular formula is C14H26O2. The highest BCUT2D eigenvalue weighted by Crippen LogP contribution is 2.22. The molecule has 0 spiro atoms. The van der Waals surface area contributed by atoms with Gasteiger partial charge in [0.05, 0.1) is 14.2 Å². The van der Waals surface area contributed by atoms with E-state index in [9.17, 15) is 0 Å². The molecule has 0 saturated heterocycles. The van der Waals surface area contributed by atoms with Crippen LogP contribution in [0.1, 0.15) is 40.2 Å². The van der Waals surface area contributed by atoms with Crippen molar-refractivity contribution >= 4 is 0 Å². The molecular weight excluding hydrogens is 200 g/mol. The van der Waals surface area contributed by atoms with Gasteiger partial charge in [-0.1, -0.05) is 34.6 Å². The van der Waals surface area contributed by atoms with Crippen molar-refractivity contribution in [1.29, 1.82) is 0 Å². The molecule has 1 aromatic rings. The summed E-state index contributed by atoms with van der Waals surface area (Å²) in [7, 11) is 3.32. The molecule has 2 nitrogen and oxygen atoms in total. The Morgan fingerprint density at radius 1 is 0.812 bits per heavy atom. The van der Waals surface area contributed by atoms with Crippen molar-refractivity contribution in [2.45, 2.75) is 41.0 Å². The van der Waals surface area contributed by atoms with Gasteiger partial charge in [-0.3, -0.25) is 0 Å². The second kappa shape index (κ2) is 11.9. The smallest absolute Gasteiger partial charge is 0.122 e. The molecule has 0 aromatic heterocycles. The van der Waals surface area contributed by atoms with Gasteiger partial charge in [-0.25, -0.2) is 0 Å². The second-order valence-electron chi connectivity index (χ2n) is 2.57. The number of hydrogen-bond acceptors (Lipinski definition) is 2. The van der Waals surface area contributed by atoms with Crippen molar-refractivity contribution in [2.24, 2.45) is 0 Å². The van der Waals surface area contributed by atoms with E-state index in [1.54, 1.807) is 14.2 Å². The third kappa shape index (κ3) is 6.33. The first-order valence-electron chi connectivity index (χ1n) is 6.02. The second-order valence-corrected chi connectivity index (χ2v) is 2.57. The molecule has 1 aromatic carbocycles. The minimum Gasteiger partial charge on any atom is -0.497 e. The van der Waals surface area contributed by atoms with Crippen molar-refractivity contribution in [1.82, 2.24) is 0 Å². The Hall–Kier alpha value is -1.18. The molecule has 0 radical (unpaired) electrons. The standard InChI is InChI=1S/C10H14O2.2C2H6/c1-4-8-5-9(11-2)7-10(6-8)12-3;2*1-2/h5-7H,4H2,1-3H3;2*1-2H3. The van der Waals surface area contributed by atoms with E-state index in [0.29, 0.717) is 0 Å². The summed E-state index contributed by atoms with van der Waals surface area (Å²) in [6.45, 7) is 10.1. The van der Waals surface area contributed by atoms with E-state index in [2.05, 4.69) is 6.92 Å². The summed E-state index contributed by atoms with van der Waals surface area (Å²) in [6.07, 6.45) is 0.994. The quantitative estimate of drug-likeness (QED) is 0.764. The van der Waals surface area contributed by atoms with Crippen LogP contribution in [0.3, 0.4) is 0 Å². The molecule has 0 bridgehead atoms. The number of benzene rings is 1. The van der Waals surface area contributed by atoms with E-state index < -0.39 is 0 Å². The molecule has 0 aliphatic rings. The summed E-state index contributed by atoms with van der Waals surface area (Å²) < 4.78 is 10.2. The fourth-order valence-corrected chi connectivity index (χ4v) is 1.07. The number of hydrogen-bond donors (Lipinski definition) is 0. The number of ether oxygens (including phenoxy) is 2. The third-order valence-corrected chi connectivity index (χ3v) is 1.82. The minimum atomic E-state index is 0.853. The summed E-state index contributed by atoms with van der Waals surface area (Å²) in [5, 5.41) is 0. The van der Waals surface area contributed by atoms with Crippen LogP contribution in [0.15, 0.2) is 18.2 Å². The summed E-state index contributed by atoms with van der Waals surface area (Å²) in [4.78, 5) is 0. The lowest BCUT2D eigenvalue weighted by Crippen LogP contribution is -1.89. The minimum absolute atomic E-state index is 0.853. The summed E-state index contributed by atoms with van der Waals surface area (Å²) in [5.74, 6) is 1.71. The lowest BCUT2D eigenvalue weighted by atomic mass is 10.1. The van der Waals surface area contributed by atoms with Gasteiger partial charge >= 0.3 is 0 Å². The van der Waals surface area contributed by atoms with Gasteiger partial charge in [0.15, 0.2) is 0 Å². The maximum absolute atomic E-state index is 5.12. The summed E-state index contributed by atoms with van der Waals surface area (Å²) in [5.41, 5.74) is 1.23. The van der Waals surface area contributed by atoms with E-state index >= 15 is 0 Å². The van der Waals surface area contributed by atoms with Crippen LogP contribution in [0.4, 0.5) is 0 Å². The fourth-order valence-electron chi connectivity index (χ4n) is 1.07. The molecule has 94 valence electrons. The highest BCUT2D eigenvalue weighted by Gasteiger charge is 1.98. The Balaban J connectivity index is 0. The molecule has 1 rings (SSSR count). The highest BCUT2D eigenvalue weighted by atomic mass is 16.5. The third-order valence-electron chi connectivity index (χ3n) is 1.82. The van der Waals surface area contributed by atoms with Crippen molar-refractivity contribution < 1.29 is 9.47 Å². The molecule has 16 heavy (non-hydrogen) atoms.